The van der Waals surface area contributed by atoms with Gasteiger partial charge in [-0.2, -0.15) is 0 Å². The van der Waals surface area contributed by atoms with Crippen molar-refractivity contribution in [1.82, 2.24) is 14.3 Å². The van der Waals surface area contributed by atoms with E-state index in [1.807, 2.05) is 46.9 Å². The predicted octanol–water partition coefficient (Wildman–Crippen LogP) is 3.87. The summed E-state index contributed by atoms with van der Waals surface area (Å²) in [6.07, 6.45) is 8.50. The van der Waals surface area contributed by atoms with Crippen LogP contribution in [0.3, 0.4) is 0 Å². The molecule has 0 unspecified atom stereocenters. The minimum Gasteiger partial charge on any atom is -0.383 e. The summed E-state index contributed by atoms with van der Waals surface area (Å²) in [5.74, 6) is -0.190. The highest BCUT2D eigenvalue weighted by Crippen LogP contribution is 2.22. The minimum atomic E-state index is -0.190. The number of benzene rings is 1. The lowest BCUT2D eigenvalue weighted by Gasteiger charge is -2.19. The largest absolute Gasteiger partial charge is 0.383 e. The van der Waals surface area contributed by atoms with E-state index in [2.05, 4.69) is 5.32 Å². The van der Waals surface area contributed by atoms with E-state index in [0.29, 0.717) is 24.4 Å². The minimum absolute atomic E-state index is 0.167. The normalized spacial score (nSPS) is 15.2. The van der Waals surface area contributed by atoms with E-state index in [1.54, 1.807) is 17.9 Å². The number of carbonyl (C=O) groups is 1. The summed E-state index contributed by atoms with van der Waals surface area (Å²) in [7, 11) is 1.60. The summed E-state index contributed by atoms with van der Waals surface area (Å²) in [4.78, 5) is 26.5. The van der Waals surface area contributed by atoms with Crippen LogP contribution in [0.15, 0.2) is 53.5 Å². The standard InChI is InChI=1S/C24H29N3O3/c1-30-16-15-26-22(23(28)25-19-11-7-2-3-8-12-19)17-27-20(13-14-21(27)24(26)29)18-9-5-4-6-10-18/h4-6,9-10,13-14,17,19H,2-3,7-8,11-12,15-16H2,1H3,(H,25,28). The van der Waals surface area contributed by atoms with Gasteiger partial charge >= 0.3 is 0 Å². The smallest absolute Gasteiger partial charge is 0.275 e. The van der Waals surface area contributed by atoms with Crippen LogP contribution in [0.4, 0.5) is 0 Å². The van der Waals surface area contributed by atoms with Gasteiger partial charge in [-0.3, -0.25) is 14.2 Å². The average Bonchev–Trinajstić information content (AvgIpc) is 3.03. The van der Waals surface area contributed by atoms with Crippen molar-refractivity contribution in [2.24, 2.45) is 0 Å². The monoisotopic (exact) mass is 407 g/mol. The Balaban J connectivity index is 1.77. The van der Waals surface area contributed by atoms with Crippen LogP contribution in [0.2, 0.25) is 0 Å². The van der Waals surface area contributed by atoms with Gasteiger partial charge in [0.05, 0.1) is 12.3 Å². The Morgan fingerprint density at radius 2 is 1.80 bits per heavy atom. The number of nitrogens with one attached hydrogen (secondary N) is 1. The highest BCUT2D eigenvalue weighted by molar-refractivity contribution is 5.93. The van der Waals surface area contributed by atoms with Crippen LogP contribution in [0.5, 0.6) is 0 Å². The Morgan fingerprint density at radius 3 is 2.50 bits per heavy atom. The molecule has 2 aromatic heterocycles. The summed E-state index contributed by atoms with van der Waals surface area (Å²) in [5.41, 5.74) is 2.65. The van der Waals surface area contributed by atoms with E-state index in [4.69, 9.17) is 4.74 Å². The van der Waals surface area contributed by atoms with E-state index >= 15 is 0 Å². The Hall–Kier alpha value is -2.86. The molecule has 0 radical (unpaired) electrons. The molecule has 2 heterocycles. The Bertz CT molecular complexity index is 1060. The fraction of sp³-hybridized carbons (Fsp3) is 0.417. The zero-order chi connectivity index (χ0) is 20.9. The SMILES string of the molecule is COCCn1c(C(=O)NC2CCCCCC2)cn2c(-c3ccccc3)ccc2c1=O. The molecule has 158 valence electrons. The second-order valence-corrected chi connectivity index (χ2v) is 7.97. The van der Waals surface area contributed by atoms with Crippen LogP contribution in [-0.2, 0) is 11.3 Å². The molecule has 1 amide bonds. The van der Waals surface area contributed by atoms with E-state index in [1.165, 1.54) is 12.8 Å². The van der Waals surface area contributed by atoms with Gasteiger partial charge in [-0.05, 0) is 30.5 Å². The van der Waals surface area contributed by atoms with Gasteiger partial charge < -0.3 is 14.5 Å². The quantitative estimate of drug-likeness (QED) is 0.631. The molecule has 30 heavy (non-hydrogen) atoms. The number of rotatable bonds is 6. The number of nitrogens with zero attached hydrogens (tertiary/aromatic N) is 2. The number of ether oxygens (including phenoxy) is 1. The maximum atomic E-state index is 13.3. The zero-order valence-corrected chi connectivity index (χ0v) is 17.5. The number of carbonyl (C=O) groups excluding carboxylic acids is 1. The highest BCUT2D eigenvalue weighted by Gasteiger charge is 2.21. The Labute approximate surface area is 176 Å². The molecule has 1 aromatic carbocycles. The number of methoxy groups -OCH3 is 1. The van der Waals surface area contributed by atoms with Crippen LogP contribution in [0, 0.1) is 0 Å². The summed E-state index contributed by atoms with van der Waals surface area (Å²) >= 11 is 0. The summed E-state index contributed by atoms with van der Waals surface area (Å²) in [6.45, 7) is 0.705. The average molecular weight is 408 g/mol. The lowest BCUT2D eigenvalue weighted by atomic mass is 10.1. The fourth-order valence-corrected chi connectivity index (χ4v) is 4.31. The molecule has 3 aromatic rings. The third-order valence-electron chi connectivity index (χ3n) is 5.94. The van der Waals surface area contributed by atoms with Crippen LogP contribution in [0.25, 0.3) is 16.8 Å². The molecular weight excluding hydrogens is 378 g/mol. The van der Waals surface area contributed by atoms with Crippen molar-refractivity contribution < 1.29 is 9.53 Å². The van der Waals surface area contributed by atoms with E-state index in [-0.39, 0.29) is 17.5 Å². The van der Waals surface area contributed by atoms with Crippen molar-refractivity contribution in [2.45, 2.75) is 51.1 Å². The topological polar surface area (TPSA) is 64.7 Å². The second-order valence-electron chi connectivity index (χ2n) is 7.97. The van der Waals surface area contributed by atoms with Crippen molar-refractivity contribution >= 4 is 11.4 Å². The molecule has 1 aliphatic rings. The van der Waals surface area contributed by atoms with E-state index < -0.39 is 0 Å². The second kappa shape index (κ2) is 9.30. The molecule has 4 rings (SSSR count). The van der Waals surface area contributed by atoms with Gasteiger partial charge in [0, 0.05) is 25.9 Å². The molecule has 1 fully saturated rings. The third-order valence-corrected chi connectivity index (χ3v) is 5.94. The molecule has 6 heteroatoms. The van der Waals surface area contributed by atoms with Crippen LogP contribution in [-0.4, -0.2) is 34.6 Å². The van der Waals surface area contributed by atoms with Crippen molar-refractivity contribution in [3.05, 3.63) is 64.7 Å². The predicted molar refractivity (Wildman–Crippen MR) is 118 cm³/mol. The van der Waals surface area contributed by atoms with Gasteiger partial charge in [0.2, 0.25) is 0 Å². The van der Waals surface area contributed by atoms with Crippen molar-refractivity contribution in [2.75, 3.05) is 13.7 Å². The van der Waals surface area contributed by atoms with Crippen LogP contribution < -0.4 is 10.9 Å². The maximum absolute atomic E-state index is 13.3. The van der Waals surface area contributed by atoms with Crippen LogP contribution in [0.1, 0.15) is 49.0 Å². The Morgan fingerprint density at radius 1 is 1.07 bits per heavy atom. The van der Waals surface area contributed by atoms with Crippen molar-refractivity contribution in [3.8, 4) is 11.3 Å². The summed E-state index contributed by atoms with van der Waals surface area (Å²) in [6, 6.07) is 13.8. The number of hydrogen-bond acceptors (Lipinski definition) is 3. The molecule has 1 N–H and O–H groups in total. The van der Waals surface area contributed by atoms with Gasteiger partial charge in [0.1, 0.15) is 11.2 Å². The van der Waals surface area contributed by atoms with Gasteiger partial charge in [-0.15, -0.1) is 0 Å². The molecule has 0 bridgehead atoms. The molecule has 1 aliphatic carbocycles. The first-order valence-electron chi connectivity index (χ1n) is 10.8. The number of aromatic nitrogens is 2. The molecule has 0 atom stereocenters. The number of fused-ring (bicyclic) bond motifs is 1. The van der Waals surface area contributed by atoms with E-state index in [0.717, 1.165) is 36.9 Å². The highest BCUT2D eigenvalue weighted by atomic mass is 16.5. The van der Waals surface area contributed by atoms with E-state index in [9.17, 15) is 9.59 Å². The fourth-order valence-electron chi connectivity index (χ4n) is 4.31. The molecule has 0 aliphatic heterocycles. The molecule has 0 saturated heterocycles. The first-order chi connectivity index (χ1) is 14.7. The first-order valence-corrected chi connectivity index (χ1v) is 10.8. The van der Waals surface area contributed by atoms with Crippen molar-refractivity contribution in [3.63, 3.8) is 0 Å². The number of amides is 1. The zero-order valence-electron chi connectivity index (χ0n) is 17.5. The third kappa shape index (κ3) is 4.19. The summed E-state index contributed by atoms with van der Waals surface area (Å²) < 4.78 is 8.57. The maximum Gasteiger partial charge on any atom is 0.275 e. The first kappa shape index (κ1) is 20.4. The molecule has 0 spiro atoms. The number of hydrogen-bond donors (Lipinski definition) is 1. The Kier molecular flexibility index (Phi) is 6.33. The van der Waals surface area contributed by atoms with Gasteiger partial charge in [-0.25, -0.2) is 0 Å². The summed E-state index contributed by atoms with van der Waals surface area (Å²) in [5, 5.41) is 3.18. The van der Waals surface area contributed by atoms with Crippen LogP contribution >= 0.6 is 0 Å². The van der Waals surface area contributed by atoms with Gasteiger partial charge in [0.25, 0.3) is 11.5 Å². The molecule has 1 saturated carbocycles. The molecular formula is C24H29N3O3. The van der Waals surface area contributed by atoms with Gasteiger partial charge in [-0.1, -0.05) is 56.0 Å². The lowest BCUT2D eigenvalue weighted by Crippen LogP contribution is -2.39. The van der Waals surface area contributed by atoms with Gasteiger partial charge in [0.15, 0.2) is 0 Å². The molecule has 6 nitrogen and oxygen atoms in total. The lowest BCUT2D eigenvalue weighted by molar-refractivity contribution is 0.0919. The van der Waals surface area contributed by atoms with Crippen molar-refractivity contribution in [1.29, 1.82) is 0 Å².